The molecule has 1 heterocycles. The number of rotatable bonds is 26. The molecule has 308 valence electrons. The average molecular weight is 775 g/mol. The first-order chi connectivity index (χ1) is 26.8. The second kappa shape index (κ2) is 24.3. The van der Waals surface area contributed by atoms with E-state index in [2.05, 4.69) is 21.3 Å². The summed E-state index contributed by atoms with van der Waals surface area (Å²) in [7, 11) is 0. The number of unbranched alkanes of at least 4 members (excludes halogenated alkanes) is 3. The van der Waals surface area contributed by atoms with Crippen molar-refractivity contribution < 1.29 is 28.8 Å². The molecule has 3 rings (SSSR count). The molecule has 1 fully saturated rings. The van der Waals surface area contributed by atoms with E-state index in [1.165, 1.54) is 0 Å². The Kier molecular flexibility index (Phi) is 19.9. The third kappa shape index (κ3) is 16.4. The highest BCUT2D eigenvalue weighted by Crippen LogP contribution is 2.21. The maximum absolute atomic E-state index is 14.0. The van der Waals surface area contributed by atoms with E-state index >= 15 is 0 Å². The van der Waals surface area contributed by atoms with Crippen molar-refractivity contribution in [3.05, 3.63) is 71.8 Å². The number of benzene rings is 2. The Morgan fingerprint density at radius 3 is 1.88 bits per heavy atom. The number of piperazine rings is 1. The van der Waals surface area contributed by atoms with Crippen molar-refractivity contribution in [2.45, 2.75) is 141 Å². The molecule has 12 nitrogen and oxygen atoms in total. The van der Waals surface area contributed by atoms with Gasteiger partial charge >= 0.3 is 0 Å². The number of carbonyl (C=O) groups is 6. The Hall–Kier alpha value is -4.42. The fraction of sp³-hybridized carbons (Fsp3) is 0.591. The molecule has 0 aliphatic carbocycles. The van der Waals surface area contributed by atoms with Crippen molar-refractivity contribution in [3.63, 3.8) is 0 Å². The van der Waals surface area contributed by atoms with E-state index in [-0.39, 0.29) is 60.4 Å². The van der Waals surface area contributed by atoms with Crippen LogP contribution >= 0.6 is 0 Å². The molecule has 0 saturated carbocycles. The molecule has 8 N–H and O–H groups in total. The minimum atomic E-state index is -0.898. The molecule has 0 aromatic heterocycles. The predicted octanol–water partition coefficient (Wildman–Crippen LogP) is 4.07. The van der Waals surface area contributed by atoms with Crippen molar-refractivity contribution in [2.75, 3.05) is 6.54 Å². The zero-order chi connectivity index (χ0) is 41.0. The monoisotopic (exact) mass is 775 g/mol. The highest BCUT2D eigenvalue weighted by atomic mass is 16.2. The molecule has 12 heteroatoms. The highest BCUT2D eigenvalue weighted by molar-refractivity contribution is 5.97. The van der Waals surface area contributed by atoms with Crippen LogP contribution in [0.5, 0.6) is 0 Å². The second-order valence-electron chi connectivity index (χ2n) is 16.2. The molecule has 56 heavy (non-hydrogen) atoms. The Morgan fingerprint density at radius 1 is 0.679 bits per heavy atom. The van der Waals surface area contributed by atoms with Crippen LogP contribution in [0.4, 0.5) is 0 Å². The SMILES string of the molecule is CC(C)C[C@@H](CC(=O)[C@@H](Cc1ccccc1)NC(=O)[C@H](N)Cc1ccccc1)C(=O)N[C@H](CCCCN)C(=O)CCCCC[C@H]1NC(=O)[C@H](CC(C)C)NC1=O. The minimum absolute atomic E-state index is 0.0866. The first-order valence-electron chi connectivity index (χ1n) is 20.6. The van der Waals surface area contributed by atoms with Gasteiger partial charge in [-0.15, -0.1) is 0 Å². The lowest BCUT2D eigenvalue weighted by Gasteiger charge is -2.30. The largest absolute Gasteiger partial charge is 0.346 e. The first-order valence-corrected chi connectivity index (χ1v) is 20.6. The summed E-state index contributed by atoms with van der Waals surface area (Å²) >= 11 is 0. The summed E-state index contributed by atoms with van der Waals surface area (Å²) in [6, 6.07) is 15.2. The van der Waals surface area contributed by atoms with Gasteiger partial charge in [0.15, 0.2) is 11.6 Å². The van der Waals surface area contributed by atoms with Crippen molar-refractivity contribution >= 4 is 35.2 Å². The van der Waals surface area contributed by atoms with Crippen molar-refractivity contribution in [3.8, 4) is 0 Å². The Bertz CT molecular complexity index is 1550. The molecule has 0 bridgehead atoms. The van der Waals surface area contributed by atoms with Crippen LogP contribution in [0, 0.1) is 17.8 Å². The van der Waals surface area contributed by atoms with Gasteiger partial charge in [0.25, 0.3) is 0 Å². The van der Waals surface area contributed by atoms with Gasteiger partial charge in [-0.1, -0.05) is 101 Å². The molecule has 0 radical (unpaired) electrons. The van der Waals surface area contributed by atoms with Gasteiger partial charge in [-0.05, 0) is 87.3 Å². The van der Waals surface area contributed by atoms with Crippen molar-refractivity contribution in [2.24, 2.45) is 29.2 Å². The molecule has 1 saturated heterocycles. The van der Waals surface area contributed by atoms with Crippen LogP contribution in [0.2, 0.25) is 0 Å². The summed E-state index contributed by atoms with van der Waals surface area (Å²) in [6.07, 6.45) is 5.87. The minimum Gasteiger partial charge on any atom is -0.346 e. The van der Waals surface area contributed by atoms with Gasteiger partial charge in [-0.3, -0.25) is 28.8 Å². The Morgan fingerprint density at radius 2 is 1.27 bits per heavy atom. The molecule has 0 spiro atoms. The number of nitrogens with one attached hydrogen (secondary N) is 4. The van der Waals surface area contributed by atoms with E-state index < -0.39 is 42.0 Å². The van der Waals surface area contributed by atoms with Crippen LogP contribution in [0.15, 0.2) is 60.7 Å². The molecule has 4 amide bonds. The van der Waals surface area contributed by atoms with E-state index in [1.807, 2.05) is 88.4 Å². The summed E-state index contributed by atoms with van der Waals surface area (Å²) in [5, 5.41) is 11.6. The van der Waals surface area contributed by atoms with Gasteiger partial charge in [0, 0.05) is 18.8 Å². The molecule has 2 aromatic carbocycles. The quantitative estimate of drug-likeness (QED) is 0.0768. The number of hydrogen-bond donors (Lipinski definition) is 6. The Labute approximate surface area is 333 Å². The smallest absolute Gasteiger partial charge is 0.243 e. The molecular formula is C44H66N6O6. The summed E-state index contributed by atoms with van der Waals surface area (Å²) in [6.45, 7) is 8.43. The Balaban J connectivity index is 1.63. The molecule has 0 unspecified atom stereocenters. The van der Waals surface area contributed by atoms with E-state index in [4.69, 9.17) is 11.5 Å². The van der Waals surface area contributed by atoms with Gasteiger partial charge in [0.05, 0.1) is 18.1 Å². The zero-order valence-electron chi connectivity index (χ0n) is 33.9. The first kappa shape index (κ1) is 46.0. The number of nitrogens with two attached hydrogens (primary N) is 2. The van der Waals surface area contributed by atoms with E-state index in [9.17, 15) is 28.8 Å². The van der Waals surface area contributed by atoms with Crippen LogP contribution < -0.4 is 32.7 Å². The number of Topliss-reactive ketones (excluding diaryl/α,β-unsaturated/α-hetero) is 2. The number of hydrogen-bond acceptors (Lipinski definition) is 8. The predicted molar refractivity (Wildman–Crippen MR) is 219 cm³/mol. The van der Waals surface area contributed by atoms with Gasteiger partial charge < -0.3 is 32.7 Å². The van der Waals surface area contributed by atoms with E-state index in [0.717, 1.165) is 11.1 Å². The van der Waals surface area contributed by atoms with Crippen LogP contribution in [0.25, 0.3) is 0 Å². The topological polar surface area (TPSA) is 203 Å². The van der Waals surface area contributed by atoms with Crippen LogP contribution in [0.3, 0.4) is 0 Å². The third-order valence-corrected chi connectivity index (χ3v) is 10.2. The lowest BCUT2D eigenvalue weighted by molar-refractivity contribution is -0.137. The second-order valence-corrected chi connectivity index (χ2v) is 16.2. The fourth-order valence-electron chi connectivity index (χ4n) is 7.18. The van der Waals surface area contributed by atoms with E-state index in [1.54, 1.807) is 0 Å². The van der Waals surface area contributed by atoms with E-state index in [0.29, 0.717) is 70.8 Å². The zero-order valence-corrected chi connectivity index (χ0v) is 33.9. The van der Waals surface area contributed by atoms with Gasteiger partial charge in [-0.2, -0.15) is 0 Å². The molecule has 2 aromatic rings. The fourth-order valence-corrected chi connectivity index (χ4v) is 7.18. The maximum Gasteiger partial charge on any atom is 0.243 e. The van der Waals surface area contributed by atoms with Crippen LogP contribution in [-0.4, -0.2) is 71.9 Å². The highest BCUT2D eigenvalue weighted by Gasteiger charge is 2.34. The third-order valence-electron chi connectivity index (χ3n) is 10.2. The van der Waals surface area contributed by atoms with Crippen molar-refractivity contribution in [1.82, 2.24) is 21.3 Å². The molecular weight excluding hydrogens is 709 g/mol. The van der Waals surface area contributed by atoms with Crippen LogP contribution in [-0.2, 0) is 41.6 Å². The molecule has 1 aliphatic heterocycles. The molecule has 6 atom stereocenters. The van der Waals surface area contributed by atoms with Gasteiger partial charge in [-0.25, -0.2) is 0 Å². The number of amides is 4. The maximum atomic E-state index is 14.0. The molecule has 1 aliphatic rings. The number of ketones is 2. The summed E-state index contributed by atoms with van der Waals surface area (Å²) in [5.41, 5.74) is 13.8. The lowest BCUT2D eigenvalue weighted by atomic mass is 9.87. The van der Waals surface area contributed by atoms with Gasteiger partial charge in [0.1, 0.15) is 12.1 Å². The summed E-state index contributed by atoms with van der Waals surface area (Å²) < 4.78 is 0. The van der Waals surface area contributed by atoms with Crippen molar-refractivity contribution in [1.29, 1.82) is 0 Å². The summed E-state index contributed by atoms with van der Waals surface area (Å²) in [5.74, 6) is -1.86. The van der Waals surface area contributed by atoms with Crippen LogP contribution in [0.1, 0.15) is 109 Å². The summed E-state index contributed by atoms with van der Waals surface area (Å²) in [4.78, 5) is 79.9. The number of carbonyl (C=O) groups excluding carboxylic acids is 6. The average Bonchev–Trinajstić information content (AvgIpc) is 3.15. The lowest BCUT2D eigenvalue weighted by Crippen LogP contribution is -2.61. The normalized spacial score (nSPS) is 17.7. The van der Waals surface area contributed by atoms with Gasteiger partial charge in [0.2, 0.25) is 23.6 Å². The standard InChI is InChI=1S/C44H66N6O6/c1-29(2)24-33(28-40(52)37(27-32-18-10-6-11-19-32)49-42(54)34(46)26-31-16-8-5-9-17-31)41(53)47-35(20-14-15-23-45)39(51)22-13-7-12-21-36-43(55)50-38(25-30(3)4)44(56)48-36/h5-6,8-11,16-19,29-30,33-38H,7,12-15,20-28,45-46H2,1-4H3,(H,47,53)(H,48,56)(H,49,54)(H,50,55)/t33-,34+,35+,36+,37+,38-/m0/s1.